The molecule has 1 atom stereocenters. The first-order valence-electron chi connectivity index (χ1n) is 8.36. The zero-order valence-corrected chi connectivity index (χ0v) is 15.5. The molecule has 0 saturated carbocycles. The van der Waals surface area contributed by atoms with Crippen molar-refractivity contribution in [2.45, 2.75) is 18.1 Å². The Balaban J connectivity index is 1.54. The maximum atomic E-state index is 12.0. The number of carbonyl (C=O) groups excluding carboxylic acids is 2. The van der Waals surface area contributed by atoms with Crippen molar-refractivity contribution in [3.8, 4) is 0 Å². The Labute approximate surface area is 161 Å². The van der Waals surface area contributed by atoms with Gasteiger partial charge in [-0.1, -0.05) is 60.3 Å². The Bertz CT molecular complexity index is 899. The Hall–Kier alpha value is -3.13. The van der Waals surface area contributed by atoms with Gasteiger partial charge in [0.05, 0.1) is 11.8 Å². The van der Waals surface area contributed by atoms with E-state index in [2.05, 4.69) is 20.8 Å². The molecule has 0 aliphatic carbocycles. The van der Waals surface area contributed by atoms with Gasteiger partial charge in [0, 0.05) is 5.69 Å². The summed E-state index contributed by atoms with van der Waals surface area (Å²) in [6, 6.07) is 18.4. The zero-order valence-electron chi connectivity index (χ0n) is 14.7. The molecular formula is C19H19N5O2S. The van der Waals surface area contributed by atoms with E-state index in [1.54, 1.807) is 30.6 Å². The summed E-state index contributed by atoms with van der Waals surface area (Å²) in [5, 5.41) is 13.5. The molecule has 3 aromatic rings. The van der Waals surface area contributed by atoms with Gasteiger partial charge in [0.1, 0.15) is 6.33 Å². The van der Waals surface area contributed by atoms with Crippen LogP contribution in [0.15, 0.2) is 72.1 Å². The van der Waals surface area contributed by atoms with Crippen LogP contribution < -0.4 is 10.6 Å². The largest absolute Gasteiger partial charge is 0.325 e. The highest BCUT2D eigenvalue weighted by molar-refractivity contribution is 7.99. The predicted molar refractivity (Wildman–Crippen MR) is 105 cm³/mol. The van der Waals surface area contributed by atoms with E-state index in [-0.39, 0.29) is 11.8 Å². The monoisotopic (exact) mass is 381 g/mol. The van der Waals surface area contributed by atoms with E-state index in [0.29, 0.717) is 10.8 Å². The first-order chi connectivity index (χ1) is 13.1. The van der Waals surface area contributed by atoms with E-state index in [0.717, 1.165) is 5.56 Å². The number of urea groups is 1. The standard InChI is InChI=1S/C19H19N5O2S/c1-14(15-8-4-2-5-9-15)24-13-20-23-19(24)27-12-17(25)22-18(26)21-16-10-6-3-7-11-16/h2-11,13-14H,12H2,1H3,(H2,21,22,25,26)/t14-/m0/s1. The first kappa shape index (κ1) is 18.7. The van der Waals surface area contributed by atoms with E-state index < -0.39 is 11.9 Å². The Morgan fingerprint density at radius 3 is 2.44 bits per heavy atom. The molecule has 3 rings (SSSR count). The molecule has 0 fully saturated rings. The van der Waals surface area contributed by atoms with Crippen molar-refractivity contribution in [1.82, 2.24) is 20.1 Å². The van der Waals surface area contributed by atoms with Crippen LogP contribution in [-0.4, -0.2) is 32.5 Å². The van der Waals surface area contributed by atoms with E-state index in [1.807, 2.05) is 47.9 Å². The molecule has 0 aliphatic heterocycles. The van der Waals surface area contributed by atoms with Gasteiger partial charge in [-0.3, -0.25) is 10.1 Å². The number of nitrogens with one attached hydrogen (secondary N) is 2. The van der Waals surface area contributed by atoms with Gasteiger partial charge >= 0.3 is 6.03 Å². The zero-order chi connectivity index (χ0) is 19.1. The van der Waals surface area contributed by atoms with E-state index in [9.17, 15) is 9.59 Å². The van der Waals surface area contributed by atoms with Gasteiger partial charge < -0.3 is 9.88 Å². The number of thioether (sulfide) groups is 1. The molecule has 0 unspecified atom stereocenters. The van der Waals surface area contributed by atoms with Crippen LogP contribution in [0.25, 0.3) is 0 Å². The van der Waals surface area contributed by atoms with Gasteiger partial charge in [-0.05, 0) is 24.6 Å². The molecule has 7 nitrogen and oxygen atoms in total. The van der Waals surface area contributed by atoms with Crippen LogP contribution in [0, 0.1) is 0 Å². The molecule has 3 amide bonds. The number of amides is 3. The summed E-state index contributed by atoms with van der Waals surface area (Å²) in [6.45, 7) is 2.04. The van der Waals surface area contributed by atoms with Crippen molar-refractivity contribution in [2.75, 3.05) is 11.1 Å². The Morgan fingerprint density at radius 2 is 1.74 bits per heavy atom. The Morgan fingerprint density at radius 1 is 1.07 bits per heavy atom. The third kappa shape index (κ3) is 5.18. The molecule has 138 valence electrons. The molecule has 1 aromatic heterocycles. The predicted octanol–water partition coefficient (Wildman–Crippen LogP) is 3.33. The van der Waals surface area contributed by atoms with E-state index in [1.165, 1.54) is 11.8 Å². The van der Waals surface area contributed by atoms with Gasteiger partial charge in [-0.15, -0.1) is 10.2 Å². The molecule has 0 radical (unpaired) electrons. The fourth-order valence-corrected chi connectivity index (χ4v) is 3.26. The van der Waals surface area contributed by atoms with E-state index in [4.69, 9.17) is 0 Å². The van der Waals surface area contributed by atoms with Gasteiger partial charge in [0.25, 0.3) is 0 Å². The summed E-state index contributed by atoms with van der Waals surface area (Å²) < 4.78 is 1.90. The molecule has 1 heterocycles. The first-order valence-corrected chi connectivity index (χ1v) is 9.35. The van der Waals surface area contributed by atoms with Crippen molar-refractivity contribution in [3.05, 3.63) is 72.6 Å². The molecule has 0 spiro atoms. The summed E-state index contributed by atoms with van der Waals surface area (Å²) in [7, 11) is 0. The van der Waals surface area contributed by atoms with Gasteiger partial charge in [-0.25, -0.2) is 4.79 Å². The fraction of sp³-hybridized carbons (Fsp3) is 0.158. The maximum absolute atomic E-state index is 12.0. The number of hydrogen-bond donors (Lipinski definition) is 2. The average Bonchev–Trinajstić information content (AvgIpc) is 3.16. The lowest BCUT2D eigenvalue weighted by molar-refractivity contribution is -0.117. The lowest BCUT2D eigenvalue weighted by atomic mass is 10.1. The van der Waals surface area contributed by atoms with Gasteiger partial charge in [-0.2, -0.15) is 0 Å². The average molecular weight is 381 g/mol. The molecule has 0 saturated heterocycles. The summed E-state index contributed by atoms with van der Waals surface area (Å²) in [4.78, 5) is 23.9. The number of hydrogen-bond acceptors (Lipinski definition) is 5. The highest BCUT2D eigenvalue weighted by Gasteiger charge is 2.15. The van der Waals surface area contributed by atoms with Gasteiger partial charge in [0.15, 0.2) is 5.16 Å². The maximum Gasteiger partial charge on any atom is 0.325 e. The second-order valence-electron chi connectivity index (χ2n) is 5.76. The van der Waals surface area contributed by atoms with Crippen molar-refractivity contribution >= 4 is 29.4 Å². The number of benzene rings is 2. The number of imide groups is 1. The highest BCUT2D eigenvalue weighted by atomic mass is 32.2. The van der Waals surface area contributed by atoms with Crippen molar-refractivity contribution < 1.29 is 9.59 Å². The molecule has 0 aliphatic rings. The van der Waals surface area contributed by atoms with Crippen LogP contribution >= 0.6 is 11.8 Å². The molecule has 8 heteroatoms. The van der Waals surface area contributed by atoms with Crippen molar-refractivity contribution in [2.24, 2.45) is 0 Å². The van der Waals surface area contributed by atoms with Crippen LogP contribution in [0.5, 0.6) is 0 Å². The number of rotatable bonds is 6. The summed E-state index contributed by atoms with van der Waals surface area (Å²) in [5.74, 6) is -0.349. The summed E-state index contributed by atoms with van der Waals surface area (Å²) in [6.07, 6.45) is 1.64. The number of anilines is 1. The van der Waals surface area contributed by atoms with Crippen LogP contribution in [0.4, 0.5) is 10.5 Å². The Kier molecular flexibility index (Phi) is 6.22. The summed E-state index contributed by atoms with van der Waals surface area (Å²) >= 11 is 1.23. The molecule has 2 N–H and O–H groups in total. The molecule has 27 heavy (non-hydrogen) atoms. The van der Waals surface area contributed by atoms with Crippen LogP contribution in [0.1, 0.15) is 18.5 Å². The highest BCUT2D eigenvalue weighted by Crippen LogP contribution is 2.23. The minimum absolute atomic E-state index is 0.0353. The lowest BCUT2D eigenvalue weighted by Gasteiger charge is -2.15. The second-order valence-corrected chi connectivity index (χ2v) is 6.71. The SMILES string of the molecule is C[C@@H](c1ccccc1)n1cnnc1SCC(=O)NC(=O)Nc1ccccc1. The van der Waals surface area contributed by atoms with Crippen LogP contribution in [0.2, 0.25) is 0 Å². The smallest absolute Gasteiger partial charge is 0.308 e. The minimum Gasteiger partial charge on any atom is -0.308 e. The third-order valence-corrected chi connectivity index (χ3v) is 4.81. The number of carbonyl (C=O) groups is 2. The number of nitrogens with zero attached hydrogens (tertiary/aromatic N) is 3. The van der Waals surface area contributed by atoms with Crippen molar-refractivity contribution in [1.29, 1.82) is 0 Å². The second kappa shape index (κ2) is 9.00. The minimum atomic E-state index is -0.564. The molecule has 2 aromatic carbocycles. The topological polar surface area (TPSA) is 88.9 Å². The fourth-order valence-electron chi connectivity index (χ4n) is 2.47. The third-order valence-electron chi connectivity index (χ3n) is 3.86. The molecular weight excluding hydrogens is 362 g/mol. The van der Waals surface area contributed by atoms with E-state index >= 15 is 0 Å². The van der Waals surface area contributed by atoms with Crippen LogP contribution in [0.3, 0.4) is 0 Å². The van der Waals surface area contributed by atoms with Gasteiger partial charge in [0.2, 0.25) is 5.91 Å². The summed E-state index contributed by atoms with van der Waals surface area (Å²) in [5.41, 5.74) is 1.73. The van der Waals surface area contributed by atoms with Crippen molar-refractivity contribution in [3.63, 3.8) is 0 Å². The number of aromatic nitrogens is 3. The quantitative estimate of drug-likeness (QED) is 0.640. The lowest BCUT2D eigenvalue weighted by Crippen LogP contribution is -2.35. The van der Waals surface area contributed by atoms with Crippen LogP contribution in [-0.2, 0) is 4.79 Å². The number of para-hydroxylation sites is 1. The normalized spacial score (nSPS) is 11.6. The molecule has 0 bridgehead atoms.